The van der Waals surface area contributed by atoms with E-state index >= 15 is 0 Å². The number of fused-ring (bicyclic) bond motifs is 2. The van der Waals surface area contributed by atoms with Crippen molar-refractivity contribution in [2.24, 2.45) is 0 Å². The second kappa shape index (κ2) is 11.2. The van der Waals surface area contributed by atoms with Gasteiger partial charge in [-0.1, -0.05) is 18.2 Å². The molecule has 4 aromatic rings. The van der Waals surface area contributed by atoms with Crippen molar-refractivity contribution in [1.29, 1.82) is 0 Å². The van der Waals surface area contributed by atoms with Crippen LogP contribution in [0.15, 0.2) is 60.0 Å². The molecule has 3 heterocycles. The smallest absolute Gasteiger partial charge is 0.227 e. The van der Waals surface area contributed by atoms with Crippen LogP contribution in [0.25, 0.3) is 21.2 Å². The quantitative estimate of drug-likeness (QED) is 0.296. The summed E-state index contributed by atoms with van der Waals surface area (Å²) in [4.78, 5) is 15.4. The van der Waals surface area contributed by atoms with E-state index < -0.39 is 0 Å². The average Bonchev–Trinajstić information content (AvgIpc) is 3.58. The molecule has 1 fully saturated rings. The first-order valence-electron chi connectivity index (χ1n) is 13.1. The number of carbonyl (C=O) groups is 1. The van der Waals surface area contributed by atoms with Gasteiger partial charge in [0.1, 0.15) is 24.2 Å². The van der Waals surface area contributed by atoms with E-state index in [2.05, 4.69) is 41.8 Å². The van der Waals surface area contributed by atoms with Gasteiger partial charge in [0.05, 0.1) is 40.4 Å². The lowest BCUT2D eigenvalue weighted by molar-refractivity contribution is -0.131. The molecule has 0 radical (unpaired) electrons. The molecule has 2 aliphatic heterocycles. The van der Waals surface area contributed by atoms with Gasteiger partial charge in [-0.25, -0.2) is 0 Å². The standard InChI is InChI=1S/C31H31NO6S/c1-34-23-7-8-27(35-2)21(14-23)16-30(33)32-10-12-37-31-22(17-32)13-20(15-28(31)38-24-9-11-36-18-24)26-19-39-29-6-4-3-5-25(26)29/h3-8,13-15,19,24H,9-12,16-18H2,1-2H3. The highest BCUT2D eigenvalue weighted by atomic mass is 32.1. The zero-order valence-corrected chi connectivity index (χ0v) is 22.9. The second-order valence-corrected chi connectivity index (χ2v) is 10.6. The van der Waals surface area contributed by atoms with Crippen molar-refractivity contribution in [2.75, 3.05) is 40.6 Å². The maximum absolute atomic E-state index is 13.6. The Hall–Kier alpha value is -3.75. The molecule has 1 unspecified atom stereocenters. The summed E-state index contributed by atoms with van der Waals surface area (Å²) in [7, 11) is 3.22. The highest BCUT2D eigenvalue weighted by molar-refractivity contribution is 7.17. The Kier molecular flexibility index (Phi) is 7.30. The van der Waals surface area contributed by atoms with E-state index in [0.717, 1.165) is 28.7 Å². The summed E-state index contributed by atoms with van der Waals surface area (Å²) in [5.41, 5.74) is 3.91. The third-order valence-electron chi connectivity index (χ3n) is 7.26. The molecule has 0 saturated carbocycles. The van der Waals surface area contributed by atoms with Crippen molar-refractivity contribution < 1.29 is 28.5 Å². The topological polar surface area (TPSA) is 66.5 Å². The van der Waals surface area contributed by atoms with Gasteiger partial charge in [0, 0.05) is 39.7 Å². The second-order valence-electron chi connectivity index (χ2n) is 9.73. The predicted molar refractivity (Wildman–Crippen MR) is 151 cm³/mol. The predicted octanol–water partition coefficient (Wildman–Crippen LogP) is 5.72. The summed E-state index contributed by atoms with van der Waals surface area (Å²) < 4.78 is 30.4. The van der Waals surface area contributed by atoms with Crippen molar-refractivity contribution in [3.63, 3.8) is 0 Å². The van der Waals surface area contributed by atoms with Gasteiger partial charge in [0.15, 0.2) is 11.5 Å². The molecule has 0 N–H and O–H groups in total. The van der Waals surface area contributed by atoms with Crippen LogP contribution in [0.1, 0.15) is 17.5 Å². The molecule has 1 atom stereocenters. The summed E-state index contributed by atoms with van der Waals surface area (Å²) in [6.07, 6.45) is 1.02. The van der Waals surface area contributed by atoms with Crippen molar-refractivity contribution in [3.8, 4) is 34.1 Å². The third-order valence-corrected chi connectivity index (χ3v) is 8.22. The lowest BCUT2D eigenvalue weighted by Crippen LogP contribution is -2.33. The Balaban J connectivity index is 1.35. The van der Waals surface area contributed by atoms with E-state index in [-0.39, 0.29) is 18.4 Å². The number of carbonyl (C=O) groups excluding carboxylic acids is 1. The molecule has 8 heteroatoms. The first kappa shape index (κ1) is 25.5. The molecule has 0 spiro atoms. The largest absolute Gasteiger partial charge is 0.497 e. The fourth-order valence-electron chi connectivity index (χ4n) is 5.22. The lowest BCUT2D eigenvalue weighted by atomic mass is 10.0. The molecule has 0 aliphatic carbocycles. The Labute approximate surface area is 231 Å². The van der Waals surface area contributed by atoms with Crippen LogP contribution in [0.3, 0.4) is 0 Å². The van der Waals surface area contributed by atoms with Gasteiger partial charge in [-0.2, -0.15) is 0 Å². The lowest BCUT2D eigenvalue weighted by Gasteiger charge is -2.22. The molecule has 202 valence electrons. The molecule has 6 rings (SSSR count). The fraction of sp³-hybridized carbons (Fsp3) is 0.323. The number of benzene rings is 3. The van der Waals surface area contributed by atoms with E-state index in [1.807, 2.05) is 23.1 Å². The fourth-order valence-corrected chi connectivity index (χ4v) is 6.19. The zero-order valence-electron chi connectivity index (χ0n) is 22.1. The van der Waals surface area contributed by atoms with Crippen LogP contribution in [-0.4, -0.2) is 57.5 Å². The first-order chi connectivity index (χ1) is 19.1. The molecule has 7 nitrogen and oxygen atoms in total. The van der Waals surface area contributed by atoms with Gasteiger partial charge >= 0.3 is 0 Å². The van der Waals surface area contributed by atoms with Crippen LogP contribution in [0.5, 0.6) is 23.0 Å². The van der Waals surface area contributed by atoms with E-state index in [1.165, 1.54) is 10.1 Å². The Bertz CT molecular complexity index is 1490. The number of amides is 1. The number of hydrogen-bond donors (Lipinski definition) is 0. The molecular weight excluding hydrogens is 514 g/mol. The molecular formula is C31H31NO6S. The molecule has 1 amide bonds. The Morgan fingerprint density at radius 2 is 1.95 bits per heavy atom. The minimum atomic E-state index is -0.0197. The third kappa shape index (κ3) is 5.27. The maximum Gasteiger partial charge on any atom is 0.227 e. The molecule has 39 heavy (non-hydrogen) atoms. The Morgan fingerprint density at radius 1 is 1.05 bits per heavy atom. The van der Waals surface area contributed by atoms with E-state index in [0.29, 0.717) is 55.9 Å². The number of ether oxygens (including phenoxy) is 5. The van der Waals surface area contributed by atoms with Gasteiger partial charge in [0.25, 0.3) is 0 Å². The van der Waals surface area contributed by atoms with Gasteiger partial charge in [0.2, 0.25) is 5.91 Å². The van der Waals surface area contributed by atoms with Crippen LogP contribution in [0.2, 0.25) is 0 Å². The molecule has 0 bridgehead atoms. The van der Waals surface area contributed by atoms with Crippen LogP contribution in [0.4, 0.5) is 0 Å². The number of methoxy groups -OCH3 is 2. The minimum Gasteiger partial charge on any atom is -0.497 e. The molecule has 2 aliphatic rings. The highest BCUT2D eigenvalue weighted by Gasteiger charge is 2.27. The number of hydrogen-bond acceptors (Lipinski definition) is 7. The van der Waals surface area contributed by atoms with Crippen LogP contribution < -0.4 is 18.9 Å². The minimum absolute atomic E-state index is 0.00366. The molecule has 3 aromatic carbocycles. The summed E-state index contributed by atoms with van der Waals surface area (Å²) in [6, 6.07) is 18.1. The van der Waals surface area contributed by atoms with Gasteiger partial charge in [-0.05, 0) is 47.3 Å². The maximum atomic E-state index is 13.6. The van der Waals surface area contributed by atoms with Crippen LogP contribution in [0, 0.1) is 0 Å². The van der Waals surface area contributed by atoms with Crippen LogP contribution in [-0.2, 0) is 22.5 Å². The highest BCUT2D eigenvalue weighted by Crippen LogP contribution is 2.42. The normalized spacial score (nSPS) is 16.9. The van der Waals surface area contributed by atoms with Crippen molar-refractivity contribution in [2.45, 2.75) is 25.5 Å². The van der Waals surface area contributed by atoms with Gasteiger partial charge in [-0.3, -0.25) is 4.79 Å². The van der Waals surface area contributed by atoms with E-state index in [9.17, 15) is 4.79 Å². The summed E-state index contributed by atoms with van der Waals surface area (Å²) in [6.45, 7) is 2.54. The van der Waals surface area contributed by atoms with Crippen molar-refractivity contribution in [3.05, 3.63) is 71.1 Å². The average molecular weight is 546 g/mol. The van der Waals surface area contributed by atoms with Crippen molar-refractivity contribution >= 4 is 27.3 Å². The van der Waals surface area contributed by atoms with Crippen molar-refractivity contribution in [1.82, 2.24) is 4.90 Å². The molecule has 1 aromatic heterocycles. The molecule has 1 saturated heterocycles. The van der Waals surface area contributed by atoms with Gasteiger partial charge < -0.3 is 28.6 Å². The number of thiophene rings is 1. The van der Waals surface area contributed by atoms with Crippen LogP contribution >= 0.6 is 11.3 Å². The Morgan fingerprint density at radius 3 is 2.77 bits per heavy atom. The SMILES string of the molecule is COc1ccc(OC)c(CC(=O)N2CCOc3c(cc(-c4csc5ccccc45)cc3OC3CCOC3)C2)c1. The number of rotatable bonds is 7. The van der Waals surface area contributed by atoms with Gasteiger partial charge in [-0.15, -0.1) is 11.3 Å². The summed E-state index contributed by atoms with van der Waals surface area (Å²) >= 11 is 1.72. The van der Waals surface area contributed by atoms with E-state index in [1.54, 1.807) is 25.6 Å². The summed E-state index contributed by atoms with van der Waals surface area (Å²) in [5.74, 6) is 2.76. The number of nitrogens with zero attached hydrogens (tertiary/aromatic N) is 1. The monoisotopic (exact) mass is 545 g/mol. The summed E-state index contributed by atoms with van der Waals surface area (Å²) in [5, 5.41) is 3.38. The first-order valence-corrected chi connectivity index (χ1v) is 14.0. The van der Waals surface area contributed by atoms with E-state index in [4.69, 9.17) is 23.7 Å². The zero-order chi connectivity index (χ0) is 26.8.